The Morgan fingerprint density at radius 3 is 2.44 bits per heavy atom. The highest BCUT2D eigenvalue weighted by Crippen LogP contribution is 2.26. The Hall–Kier alpha value is -0.0800. The normalized spacial score (nSPS) is 30.5. The van der Waals surface area contributed by atoms with Crippen molar-refractivity contribution in [3.05, 3.63) is 0 Å². The van der Waals surface area contributed by atoms with E-state index in [-0.39, 0.29) is 0 Å². The third-order valence-corrected chi connectivity index (χ3v) is 4.80. The molecule has 2 unspecified atom stereocenters. The van der Waals surface area contributed by atoms with Gasteiger partial charge < -0.3 is 10.1 Å². The van der Waals surface area contributed by atoms with Gasteiger partial charge in [-0.3, -0.25) is 0 Å². The van der Waals surface area contributed by atoms with Crippen molar-refractivity contribution in [1.82, 2.24) is 5.32 Å². The van der Waals surface area contributed by atoms with Crippen molar-refractivity contribution >= 4 is 0 Å². The molecule has 0 radical (unpaired) electrons. The fraction of sp³-hybridized carbons (Fsp3) is 1.00. The maximum Gasteiger partial charge on any atom is 0.0601 e. The van der Waals surface area contributed by atoms with E-state index in [4.69, 9.17) is 4.74 Å². The Morgan fingerprint density at radius 1 is 0.944 bits per heavy atom. The Balaban J connectivity index is 1.47. The van der Waals surface area contributed by atoms with E-state index in [0.717, 1.165) is 25.0 Å². The number of nitrogens with one attached hydrogen (secondary N) is 1. The molecule has 106 valence electrons. The van der Waals surface area contributed by atoms with Crippen molar-refractivity contribution in [3.63, 3.8) is 0 Å². The maximum absolute atomic E-state index is 6.02. The Kier molecular flexibility index (Phi) is 6.50. The van der Waals surface area contributed by atoms with Gasteiger partial charge in [0.05, 0.1) is 12.7 Å². The molecule has 2 aliphatic rings. The highest BCUT2D eigenvalue weighted by molar-refractivity contribution is 4.73. The Labute approximate surface area is 113 Å². The van der Waals surface area contributed by atoms with Gasteiger partial charge >= 0.3 is 0 Å². The summed E-state index contributed by atoms with van der Waals surface area (Å²) in [5.41, 5.74) is 0. The molecule has 18 heavy (non-hydrogen) atoms. The topological polar surface area (TPSA) is 21.3 Å². The van der Waals surface area contributed by atoms with E-state index in [9.17, 15) is 0 Å². The van der Waals surface area contributed by atoms with Crippen LogP contribution in [0.5, 0.6) is 0 Å². The van der Waals surface area contributed by atoms with Gasteiger partial charge in [0.15, 0.2) is 0 Å². The molecule has 0 aliphatic heterocycles. The molecule has 0 saturated heterocycles. The zero-order valence-corrected chi connectivity index (χ0v) is 12.1. The smallest absolute Gasteiger partial charge is 0.0601 e. The lowest BCUT2D eigenvalue weighted by Crippen LogP contribution is -2.31. The van der Waals surface area contributed by atoms with E-state index in [0.29, 0.717) is 6.10 Å². The van der Waals surface area contributed by atoms with Gasteiger partial charge in [0.1, 0.15) is 0 Å². The molecule has 2 nitrogen and oxygen atoms in total. The van der Waals surface area contributed by atoms with Crippen LogP contribution in [0.4, 0.5) is 0 Å². The fourth-order valence-electron chi connectivity index (χ4n) is 3.51. The molecule has 2 fully saturated rings. The van der Waals surface area contributed by atoms with Crippen molar-refractivity contribution < 1.29 is 4.74 Å². The van der Waals surface area contributed by atoms with Crippen LogP contribution in [-0.2, 0) is 4.74 Å². The van der Waals surface area contributed by atoms with Crippen LogP contribution in [0.3, 0.4) is 0 Å². The van der Waals surface area contributed by atoms with Gasteiger partial charge in [-0.25, -0.2) is 0 Å². The van der Waals surface area contributed by atoms with Crippen LogP contribution in [0.15, 0.2) is 0 Å². The summed E-state index contributed by atoms with van der Waals surface area (Å²) in [5, 5.41) is 3.58. The lowest BCUT2D eigenvalue weighted by atomic mass is 9.88. The van der Waals surface area contributed by atoms with Crippen LogP contribution in [-0.4, -0.2) is 25.8 Å². The molecule has 0 spiro atoms. The molecule has 0 amide bonds. The van der Waals surface area contributed by atoms with Crippen LogP contribution in [0.25, 0.3) is 0 Å². The van der Waals surface area contributed by atoms with Gasteiger partial charge in [-0.2, -0.15) is 0 Å². The highest BCUT2D eigenvalue weighted by Gasteiger charge is 2.21. The van der Waals surface area contributed by atoms with E-state index < -0.39 is 0 Å². The monoisotopic (exact) mass is 253 g/mol. The molecule has 2 saturated carbocycles. The van der Waals surface area contributed by atoms with Crippen LogP contribution < -0.4 is 5.32 Å². The van der Waals surface area contributed by atoms with Gasteiger partial charge in [-0.05, 0) is 44.1 Å². The average Bonchev–Trinajstić information content (AvgIpc) is 2.42. The van der Waals surface area contributed by atoms with Crippen molar-refractivity contribution in [1.29, 1.82) is 0 Å². The maximum atomic E-state index is 6.02. The summed E-state index contributed by atoms with van der Waals surface area (Å²) in [5.74, 6) is 1.71. The minimum Gasteiger partial charge on any atom is -0.377 e. The van der Waals surface area contributed by atoms with E-state index in [1.54, 1.807) is 0 Å². The Morgan fingerprint density at radius 2 is 1.67 bits per heavy atom. The van der Waals surface area contributed by atoms with Crippen molar-refractivity contribution in [2.24, 2.45) is 11.8 Å². The van der Waals surface area contributed by atoms with Crippen molar-refractivity contribution in [2.75, 3.05) is 19.7 Å². The summed E-state index contributed by atoms with van der Waals surface area (Å²) >= 11 is 0. The van der Waals surface area contributed by atoms with Crippen molar-refractivity contribution in [3.8, 4) is 0 Å². The zero-order chi connectivity index (χ0) is 12.6. The van der Waals surface area contributed by atoms with E-state index in [2.05, 4.69) is 12.2 Å². The molecule has 2 atom stereocenters. The van der Waals surface area contributed by atoms with Gasteiger partial charge in [0.25, 0.3) is 0 Å². The first-order chi connectivity index (χ1) is 8.86. The molecule has 0 aromatic rings. The minimum absolute atomic E-state index is 0.537. The molecule has 2 aliphatic carbocycles. The molecule has 0 aromatic heterocycles. The van der Waals surface area contributed by atoms with Gasteiger partial charge in [0, 0.05) is 6.54 Å². The second-order valence-electron chi connectivity index (χ2n) is 6.38. The summed E-state index contributed by atoms with van der Waals surface area (Å²) in [7, 11) is 0. The Bertz CT molecular complexity index is 213. The number of rotatable bonds is 6. The quantitative estimate of drug-likeness (QED) is 0.728. The third kappa shape index (κ3) is 4.89. The molecular formula is C16H31NO. The lowest BCUT2D eigenvalue weighted by Gasteiger charge is -2.29. The highest BCUT2D eigenvalue weighted by atomic mass is 16.5. The molecule has 0 bridgehead atoms. The molecule has 2 heteroatoms. The van der Waals surface area contributed by atoms with E-state index >= 15 is 0 Å². The summed E-state index contributed by atoms with van der Waals surface area (Å²) in [4.78, 5) is 0. The predicted octanol–water partition coefficient (Wildman–Crippen LogP) is 3.75. The first kappa shape index (κ1) is 14.3. The number of hydrogen-bond donors (Lipinski definition) is 1. The summed E-state index contributed by atoms with van der Waals surface area (Å²) in [6.07, 6.45) is 13.2. The first-order valence-corrected chi connectivity index (χ1v) is 8.18. The van der Waals surface area contributed by atoms with Crippen LogP contribution >= 0.6 is 0 Å². The van der Waals surface area contributed by atoms with Crippen LogP contribution in [0, 0.1) is 11.8 Å². The van der Waals surface area contributed by atoms with Crippen molar-refractivity contribution in [2.45, 2.75) is 70.8 Å². The minimum atomic E-state index is 0.537. The van der Waals surface area contributed by atoms with Gasteiger partial charge in [0.2, 0.25) is 0 Å². The fourth-order valence-corrected chi connectivity index (χ4v) is 3.51. The van der Waals surface area contributed by atoms with E-state index in [1.165, 1.54) is 64.3 Å². The molecule has 1 N–H and O–H groups in total. The molecular weight excluding hydrogens is 222 g/mol. The summed E-state index contributed by atoms with van der Waals surface area (Å²) < 4.78 is 6.02. The summed E-state index contributed by atoms with van der Waals surface area (Å²) in [6, 6.07) is 0. The first-order valence-electron chi connectivity index (χ1n) is 8.18. The van der Waals surface area contributed by atoms with Gasteiger partial charge in [-0.1, -0.05) is 39.0 Å². The zero-order valence-electron chi connectivity index (χ0n) is 12.1. The standard InChI is InChI=1S/C16H31NO/c1-14-7-5-6-10-16(14)18-12-11-17-13-15-8-3-2-4-9-15/h14-17H,2-13H2,1H3. The second-order valence-corrected chi connectivity index (χ2v) is 6.38. The molecule has 2 rings (SSSR count). The SMILES string of the molecule is CC1CCCCC1OCCNCC1CCCCC1. The number of hydrogen-bond acceptors (Lipinski definition) is 2. The lowest BCUT2D eigenvalue weighted by molar-refractivity contribution is -0.00340. The second kappa shape index (κ2) is 8.16. The van der Waals surface area contributed by atoms with Gasteiger partial charge in [-0.15, -0.1) is 0 Å². The molecule has 0 heterocycles. The average molecular weight is 253 g/mol. The van der Waals surface area contributed by atoms with E-state index in [1.807, 2.05) is 0 Å². The van der Waals surface area contributed by atoms with Crippen LogP contribution in [0.2, 0.25) is 0 Å². The third-order valence-electron chi connectivity index (χ3n) is 4.80. The van der Waals surface area contributed by atoms with Crippen LogP contribution in [0.1, 0.15) is 64.7 Å². The number of ether oxygens (including phenoxy) is 1. The predicted molar refractivity (Wildman–Crippen MR) is 76.8 cm³/mol. The molecule has 0 aromatic carbocycles. The summed E-state index contributed by atoms with van der Waals surface area (Å²) in [6.45, 7) is 5.50. The largest absolute Gasteiger partial charge is 0.377 e.